The van der Waals surface area contributed by atoms with Gasteiger partial charge < -0.3 is 0 Å². The largest absolute Gasteiger partial charge is 0.192 e. The number of hydrogen-bond acceptors (Lipinski definition) is 2. The number of nitrogens with zero attached hydrogens (tertiary/aromatic N) is 1. The predicted octanol–water partition coefficient (Wildman–Crippen LogP) is 5.16. The van der Waals surface area contributed by atoms with Gasteiger partial charge in [-0.2, -0.15) is 5.26 Å². The van der Waals surface area contributed by atoms with Crippen LogP contribution in [0.25, 0.3) is 0 Å². The highest BCUT2D eigenvalue weighted by Crippen LogP contribution is 2.31. The fraction of sp³-hybridized carbons (Fsp3) is 0.0714. The van der Waals surface area contributed by atoms with Crippen molar-refractivity contribution in [2.75, 3.05) is 0 Å². The van der Waals surface area contributed by atoms with Gasteiger partial charge in [-0.1, -0.05) is 41.4 Å². The zero-order valence-electron chi connectivity index (χ0n) is 9.36. The summed E-state index contributed by atoms with van der Waals surface area (Å²) < 4.78 is 0. The van der Waals surface area contributed by atoms with Gasteiger partial charge >= 0.3 is 0 Å². The molecule has 90 valence electrons. The highest BCUT2D eigenvalue weighted by atomic mass is 35.5. The first kappa shape index (κ1) is 13.3. The minimum absolute atomic E-state index is 0.575. The van der Waals surface area contributed by atoms with Gasteiger partial charge in [0.25, 0.3) is 0 Å². The Morgan fingerprint density at radius 1 is 1.06 bits per heavy atom. The lowest BCUT2D eigenvalue weighted by atomic mass is 10.2. The molecule has 0 atom stereocenters. The number of rotatable bonds is 3. The van der Waals surface area contributed by atoms with Gasteiger partial charge in [0.1, 0.15) is 0 Å². The molecule has 0 spiro atoms. The van der Waals surface area contributed by atoms with Gasteiger partial charge in [0.05, 0.1) is 16.7 Å². The van der Waals surface area contributed by atoms with Gasteiger partial charge in [0.2, 0.25) is 0 Å². The van der Waals surface area contributed by atoms with Crippen LogP contribution in [0.2, 0.25) is 10.0 Å². The molecule has 0 aliphatic carbocycles. The average Bonchev–Trinajstić information content (AvgIpc) is 2.39. The Morgan fingerprint density at radius 3 is 2.50 bits per heavy atom. The van der Waals surface area contributed by atoms with Crippen molar-refractivity contribution in [2.24, 2.45) is 0 Å². The standard InChI is InChI=1S/C14H9Cl2NS/c15-12-3-1-2-4-14(12)18-9-11-6-5-10(8-17)7-13(11)16/h1-7H,9H2. The van der Waals surface area contributed by atoms with Crippen molar-refractivity contribution in [1.82, 2.24) is 0 Å². The van der Waals surface area contributed by atoms with Crippen molar-refractivity contribution in [1.29, 1.82) is 5.26 Å². The van der Waals surface area contributed by atoms with Crippen molar-refractivity contribution in [2.45, 2.75) is 10.6 Å². The van der Waals surface area contributed by atoms with E-state index in [9.17, 15) is 0 Å². The maximum Gasteiger partial charge on any atom is 0.0992 e. The third-order valence-corrected chi connectivity index (χ3v) is 4.32. The first-order valence-corrected chi connectivity index (χ1v) is 7.00. The lowest BCUT2D eigenvalue weighted by Crippen LogP contribution is -1.85. The van der Waals surface area contributed by atoms with Crippen molar-refractivity contribution < 1.29 is 0 Å². The maximum atomic E-state index is 8.77. The van der Waals surface area contributed by atoms with Crippen LogP contribution in [-0.2, 0) is 5.75 Å². The van der Waals surface area contributed by atoms with Crippen LogP contribution in [0.3, 0.4) is 0 Å². The zero-order chi connectivity index (χ0) is 13.0. The lowest BCUT2D eigenvalue weighted by Gasteiger charge is -2.06. The Balaban J connectivity index is 2.12. The Bertz CT molecular complexity index is 605. The van der Waals surface area contributed by atoms with Crippen LogP contribution in [0.15, 0.2) is 47.4 Å². The summed E-state index contributed by atoms with van der Waals surface area (Å²) in [6.07, 6.45) is 0. The van der Waals surface area contributed by atoms with Crippen LogP contribution < -0.4 is 0 Å². The second-order valence-electron chi connectivity index (χ2n) is 3.64. The third kappa shape index (κ3) is 3.20. The van der Waals surface area contributed by atoms with Crippen LogP contribution in [0.4, 0.5) is 0 Å². The number of hydrogen-bond donors (Lipinski definition) is 0. The number of thioether (sulfide) groups is 1. The highest BCUT2D eigenvalue weighted by molar-refractivity contribution is 7.98. The number of halogens is 2. The quantitative estimate of drug-likeness (QED) is 0.730. The molecule has 0 N–H and O–H groups in total. The Morgan fingerprint density at radius 2 is 1.83 bits per heavy atom. The van der Waals surface area contributed by atoms with E-state index in [1.54, 1.807) is 23.9 Å². The molecule has 0 saturated carbocycles. The van der Waals surface area contributed by atoms with E-state index in [1.807, 2.05) is 30.3 Å². The molecule has 0 aliphatic heterocycles. The van der Waals surface area contributed by atoms with Crippen molar-refractivity contribution in [3.63, 3.8) is 0 Å². The fourth-order valence-electron chi connectivity index (χ4n) is 1.45. The van der Waals surface area contributed by atoms with Crippen LogP contribution >= 0.6 is 35.0 Å². The summed E-state index contributed by atoms with van der Waals surface area (Å²) >= 11 is 13.8. The summed E-state index contributed by atoms with van der Waals surface area (Å²) in [6, 6.07) is 15.1. The van der Waals surface area contributed by atoms with E-state index in [2.05, 4.69) is 6.07 Å². The summed E-state index contributed by atoms with van der Waals surface area (Å²) in [7, 11) is 0. The molecule has 0 fully saturated rings. The first-order valence-electron chi connectivity index (χ1n) is 5.26. The topological polar surface area (TPSA) is 23.8 Å². The molecule has 0 aromatic heterocycles. The monoisotopic (exact) mass is 293 g/mol. The van der Waals surface area contributed by atoms with Crippen LogP contribution in [0.1, 0.15) is 11.1 Å². The molecule has 0 saturated heterocycles. The lowest BCUT2D eigenvalue weighted by molar-refractivity contribution is 1.37. The van der Waals surface area contributed by atoms with E-state index >= 15 is 0 Å². The minimum Gasteiger partial charge on any atom is -0.192 e. The van der Waals surface area contributed by atoms with E-state index in [1.165, 1.54) is 0 Å². The molecule has 0 radical (unpaired) electrons. The van der Waals surface area contributed by atoms with Gasteiger partial charge in [-0.3, -0.25) is 0 Å². The van der Waals surface area contributed by atoms with Gasteiger partial charge in [0, 0.05) is 15.7 Å². The molecule has 0 unspecified atom stereocenters. The smallest absolute Gasteiger partial charge is 0.0992 e. The molecule has 4 heteroatoms. The molecule has 2 rings (SSSR count). The number of benzene rings is 2. The summed E-state index contributed by atoms with van der Waals surface area (Å²) in [5, 5.41) is 10.1. The SMILES string of the molecule is N#Cc1ccc(CSc2ccccc2Cl)c(Cl)c1. The van der Waals surface area contributed by atoms with E-state index in [0.717, 1.165) is 21.2 Å². The van der Waals surface area contributed by atoms with Crippen molar-refractivity contribution in [3.8, 4) is 6.07 Å². The molecule has 0 amide bonds. The molecular formula is C14H9Cl2NS. The van der Waals surface area contributed by atoms with Crippen LogP contribution in [-0.4, -0.2) is 0 Å². The first-order chi connectivity index (χ1) is 8.70. The molecule has 1 nitrogen and oxygen atoms in total. The minimum atomic E-state index is 0.575. The predicted molar refractivity (Wildman–Crippen MR) is 77.2 cm³/mol. The summed E-state index contributed by atoms with van der Waals surface area (Å²) in [4.78, 5) is 1.03. The van der Waals surface area contributed by atoms with E-state index < -0.39 is 0 Å². The molecule has 2 aromatic carbocycles. The fourth-order valence-corrected chi connectivity index (χ4v) is 3.02. The molecular weight excluding hydrogens is 285 g/mol. The number of nitriles is 1. The normalized spacial score (nSPS) is 10.1. The van der Waals surface area contributed by atoms with Gasteiger partial charge in [-0.05, 0) is 29.8 Å². The van der Waals surface area contributed by atoms with Crippen LogP contribution in [0.5, 0.6) is 0 Å². The summed E-state index contributed by atoms with van der Waals surface area (Å²) in [5.74, 6) is 0.730. The molecule has 0 heterocycles. The van der Waals surface area contributed by atoms with E-state index in [0.29, 0.717) is 10.6 Å². The Labute approximate surface area is 120 Å². The Kier molecular flexibility index (Phi) is 4.54. The Hall–Kier alpha value is -1.14. The van der Waals surface area contributed by atoms with Gasteiger partial charge in [0.15, 0.2) is 0 Å². The van der Waals surface area contributed by atoms with Crippen LogP contribution in [0, 0.1) is 11.3 Å². The van der Waals surface area contributed by atoms with E-state index in [4.69, 9.17) is 28.5 Å². The highest BCUT2D eigenvalue weighted by Gasteiger charge is 2.05. The zero-order valence-corrected chi connectivity index (χ0v) is 11.7. The second-order valence-corrected chi connectivity index (χ2v) is 5.47. The maximum absolute atomic E-state index is 8.77. The summed E-state index contributed by atoms with van der Waals surface area (Å²) in [6.45, 7) is 0. The molecule has 0 bridgehead atoms. The van der Waals surface area contributed by atoms with E-state index in [-0.39, 0.29) is 0 Å². The third-order valence-electron chi connectivity index (χ3n) is 2.40. The molecule has 0 aliphatic rings. The molecule has 2 aromatic rings. The van der Waals surface area contributed by atoms with Crippen molar-refractivity contribution >= 4 is 35.0 Å². The van der Waals surface area contributed by atoms with Gasteiger partial charge in [-0.15, -0.1) is 11.8 Å². The average molecular weight is 294 g/mol. The molecule has 18 heavy (non-hydrogen) atoms. The summed E-state index contributed by atoms with van der Waals surface area (Å²) in [5.41, 5.74) is 1.58. The van der Waals surface area contributed by atoms with Crippen molar-refractivity contribution in [3.05, 3.63) is 63.6 Å². The second kappa shape index (κ2) is 6.15. The van der Waals surface area contributed by atoms with Gasteiger partial charge in [-0.25, -0.2) is 0 Å².